The Morgan fingerprint density at radius 3 is 2.71 bits per heavy atom. The van der Waals surface area contributed by atoms with Crippen LogP contribution in [0.15, 0.2) is 0 Å². The molecule has 0 bridgehead atoms. The minimum atomic E-state index is -0.830. The van der Waals surface area contributed by atoms with Crippen molar-refractivity contribution in [2.45, 2.75) is 49.7 Å². The maximum absolute atomic E-state index is 11.9. The van der Waals surface area contributed by atoms with Crippen LogP contribution in [-0.2, 0) is 20.3 Å². The first-order valence-corrected chi connectivity index (χ1v) is 8.12. The predicted molar refractivity (Wildman–Crippen MR) is 68.4 cm³/mol. The third-order valence-electron chi connectivity index (χ3n) is 3.69. The molecule has 3 unspecified atom stereocenters. The van der Waals surface area contributed by atoms with E-state index in [0.29, 0.717) is 19.3 Å². The van der Waals surface area contributed by atoms with E-state index in [1.165, 1.54) is 0 Å². The summed E-state index contributed by atoms with van der Waals surface area (Å²) in [5.74, 6) is -0.430. The number of rotatable bonds is 4. The van der Waals surface area contributed by atoms with Crippen molar-refractivity contribution in [2.75, 3.05) is 26.0 Å². The van der Waals surface area contributed by atoms with Crippen LogP contribution in [0.3, 0.4) is 0 Å². The summed E-state index contributed by atoms with van der Waals surface area (Å²) in [6.45, 7) is 4.50. The molecule has 0 aromatic heterocycles. The zero-order valence-corrected chi connectivity index (χ0v) is 11.6. The van der Waals surface area contributed by atoms with Gasteiger partial charge in [-0.25, -0.2) is 0 Å². The Kier molecular flexibility index (Phi) is 4.58. The van der Waals surface area contributed by atoms with Crippen LogP contribution >= 0.6 is 0 Å². The summed E-state index contributed by atoms with van der Waals surface area (Å²) in [5.41, 5.74) is 0. The summed E-state index contributed by atoms with van der Waals surface area (Å²) < 4.78 is 23.3. The normalized spacial score (nSPS) is 34.0. The van der Waals surface area contributed by atoms with Crippen molar-refractivity contribution < 1.29 is 13.7 Å². The van der Waals surface area contributed by atoms with Crippen molar-refractivity contribution >= 4 is 10.8 Å². The Morgan fingerprint density at radius 1 is 1.41 bits per heavy atom. The molecule has 4 nitrogen and oxygen atoms in total. The van der Waals surface area contributed by atoms with Gasteiger partial charge in [0.05, 0.1) is 18.5 Å². The van der Waals surface area contributed by atoms with E-state index >= 15 is 0 Å². The molecule has 2 aliphatic rings. The quantitative estimate of drug-likeness (QED) is 0.821. The third kappa shape index (κ3) is 3.08. The topological polar surface area (TPSA) is 47.6 Å². The summed E-state index contributed by atoms with van der Waals surface area (Å²) in [7, 11) is -0.830. The van der Waals surface area contributed by atoms with Gasteiger partial charge in [0.15, 0.2) is 5.79 Å². The van der Waals surface area contributed by atoms with E-state index in [-0.39, 0.29) is 5.25 Å². The maximum Gasteiger partial charge on any atom is 0.169 e. The Bertz CT molecular complexity index is 279. The van der Waals surface area contributed by atoms with Gasteiger partial charge in [0.2, 0.25) is 0 Å². The molecular formula is C12H23NO3S. The smallest absolute Gasteiger partial charge is 0.169 e. The summed E-state index contributed by atoms with van der Waals surface area (Å²) in [4.78, 5) is 0. The largest absolute Gasteiger partial charge is 0.347 e. The lowest BCUT2D eigenvalue weighted by Crippen LogP contribution is -2.52. The van der Waals surface area contributed by atoms with Gasteiger partial charge in [-0.2, -0.15) is 0 Å². The Labute approximate surface area is 106 Å². The number of nitrogens with one attached hydrogen (secondary N) is 1. The van der Waals surface area contributed by atoms with Gasteiger partial charge in [-0.3, -0.25) is 4.21 Å². The number of hydrogen-bond donors (Lipinski definition) is 1. The molecule has 17 heavy (non-hydrogen) atoms. The van der Waals surface area contributed by atoms with Crippen LogP contribution in [0.2, 0.25) is 0 Å². The molecule has 1 spiro atoms. The lowest BCUT2D eigenvalue weighted by molar-refractivity contribution is -0.178. The van der Waals surface area contributed by atoms with Crippen LogP contribution in [0.25, 0.3) is 0 Å². The van der Waals surface area contributed by atoms with E-state index in [4.69, 9.17) is 9.47 Å². The zero-order chi connectivity index (χ0) is 12.3. The summed E-state index contributed by atoms with van der Waals surface area (Å²) in [6.07, 6.45) is 5.57. The Balaban J connectivity index is 2.00. The fraction of sp³-hybridized carbons (Fsp3) is 1.00. The van der Waals surface area contributed by atoms with Crippen LogP contribution in [0.4, 0.5) is 0 Å². The van der Waals surface area contributed by atoms with Gasteiger partial charge in [-0.1, -0.05) is 6.92 Å². The van der Waals surface area contributed by atoms with E-state index in [9.17, 15) is 4.21 Å². The SMILES string of the molecule is CCCNC1CCC2(CC1S(C)=O)OCCO2. The fourth-order valence-electron chi connectivity index (χ4n) is 2.78. The number of ether oxygens (including phenoxy) is 2. The van der Waals surface area contributed by atoms with Gasteiger partial charge in [-0.05, 0) is 19.4 Å². The van der Waals surface area contributed by atoms with Crippen molar-refractivity contribution in [3.05, 3.63) is 0 Å². The van der Waals surface area contributed by atoms with E-state index in [1.54, 1.807) is 6.26 Å². The highest BCUT2D eigenvalue weighted by Crippen LogP contribution is 2.37. The first kappa shape index (κ1) is 13.5. The van der Waals surface area contributed by atoms with Crippen molar-refractivity contribution in [2.24, 2.45) is 0 Å². The lowest BCUT2D eigenvalue weighted by atomic mass is 9.89. The summed E-state index contributed by atoms with van der Waals surface area (Å²) in [5, 5.41) is 3.65. The molecule has 100 valence electrons. The van der Waals surface area contributed by atoms with Gasteiger partial charge in [0.25, 0.3) is 0 Å². The van der Waals surface area contributed by atoms with Crippen LogP contribution < -0.4 is 5.32 Å². The molecule has 3 atom stereocenters. The van der Waals surface area contributed by atoms with E-state index in [2.05, 4.69) is 12.2 Å². The molecule has 1 aliphatic heterocycles. The van der Waals surface area contributed by atoms with Crippen LogP contribution in [-0.4, -0.2) is 47.3 Å². The monoisotopic (exact) mass is 261 g/mol. The van der Waals surface area contributed by atoms with Gasteiger partial charge in [-0.15, -0.1) is 0 Å². The van der Waals surface area contributed by atoms with Gasteiger partial charge in [0.1, 0.15) is 0 Å². The van der Waals surface area contributed by atoms with E-state index < -0.39 is 16.6 Å². The second-order valence-electron chi connectivity index (χ2n) is 4.95. The molecule has 1 heterocycles. The second-order valence-corrected chi connectivity index (χ2v) is 6.55. The first-order valence-electron chi connectivity index (χ1n) is 6.50. The highest BCUT2D eigenvalue weighted by molar-refractivity contribution is 7.85. The molecule has 0 aromatic rings. The maximum atomic E-state index is 11.9. The lowest BCUT2D eigenvalue weighted by Gasteiger charge is -2.40. The highest BCUT2D eigenvalue weighted by Gasteiger charge is 2.46. The molecule has 0 radical (unpaired) electrons. The van der Waals surface area contributed by atoms with Crippen molar-refractivity contribution in [1.82, 2.24) is 5.32 Å². The molecule has 2 rings (SSSR count). The molecule has 1 N–H and O–H groups in total. The second kappa shape index (κ2) is 5.78. The fourth-order valence-corrected chi connectivity index (χ4v) is 3.97. The predicted octanol–water partition coefficient (Wildman–Crippen LogP) is 1.03. The highest BCUT2D eigenvalue weighted by atomic mass is 32.2. The average Bonchev–Trinajstić information content (AvgIpc) is 2.76. The van der Waals surface area contributed by atoms with Crippen LogP contribution in [0.1, 0.15) is 32.6 Å². The minimum Gasteiger partial charge on any atom is -0.347 e. The van der Waals surface area contributed by atoms with Crippen molar-refractivity contribution in [3.8, 4) is 0 Å². The molecule has 5 heteroatoms. The van der Waals surface area contributed by atoms with Crippen molar-refractivity contribution in [1.29, 1.82) is 0 Å². The van der Waals surface area contributed by atoms with Gasteiger partial charge >= 0.3 is 0 Å². The summed E-state index contributed by atoms with van der Waals surface area (Å²) >= 11 is 0. The van der Waals surface area contributed by atoms with E-state index in [1.807, 2.05) is 0 Å². The van der Waals surface area contributed by atoms with Crippen molar-refractivity contribution in [3.63, 3.8) is 0 Å². The molecule has 0 amide bonds. The molecular weight excluding hydrogens is 238 g/mol. The summed E-state index contributed by atoms with van der Waals surface area (Å²) in [6, 6.07) is 0.346. The standard InChI is InChI=1S/C12H23NO3S/c1-3-6-13-10-4-5-12(15-7-8-16-12)9-11(10)17(2)14/h10-11,13H,3-9H2,1-2H3. The van der Waals surface area contributed by atoms with E-state index in [0.717, 1.165) is 32.2 Å². The number of hydrogen-bond acceptors (Lipinski definition) is 4. The molecule has 2 fully saturated rings. The zero-order valence-electron chi connectivity index (χ0n) is 10.7. The first-order chi connectivity index (χ1) is 8.17. The molecule has 1 saturated heterocycles. The Hall–Kier alpha value is 0.0300. The third-order valence-corrected chi connectivity index (χ3v) is 5.04. The molecule has 1 aliphatic carbocycles. The molecule has 1 saturated carbocycles. The van der Waals surface area contributed by atoms with Gasteiger partial charge in [0, 0.05) is 35.9 Å². The molecule has 0 aromatic carbocycles. The van der Waals surface area contributed by atoms with Crippen LogP contribution in [0.5, 0.6) is 0 Å². The minimum absolute atomic E-state index is 0.147. The van der Waals surface area contributed by atoms with Gasteiger partial charge < -0.3 is 14.8 Å². The van der Waals surface area contributed by atoms with Crippen LogP contribution in [0, 0.1) is 0 Å². The Morgan fingerprint density at radius 2 is 2.12 bits per heavy atom. The average molecular weight is 261 g/mol.